The fourth-order valence-electron chi connectivity index (χ4n) is 10.2. The van der Waals surface area contributed by atoms with Crippen molar-refractivity contribution < 1.29 is 27.1 Å². The van der Waals surface area contributed by atoms with Crippen molar-refractivity contribution in [3.8, 4) is 0 Å². The maximum absolute atomic E-state index is 13.8. The van der Waals surface area contributed by atoms with E-state index in [1.165, 1.54) is 0 Å². The first kappa shape index (κ1) is 27.8. The molecule has 37 heavy (non-hydrogen) atoms. The van der Waals surface area contributed by atoms with E-state index in [2.05, 4.69) is 19.0 Å². The van der Waals surface area contributed by atoms with Gasteiger partial charge >= 0.3 is 6.18 Å². The number of aliphatic hydroxyl groups is 1. The van der Waals surface area contributed by atoms with Crippen molar-refractivity contribution in [2.45, 2.75) is 140 Å². The molecule has 0 amide bonds. The van der Waals surface area contributed by atoms with E-state index in [0.717, 1.165) is 51.4 Å². The molecule has 5 fully saturated rings. The number of alkyl halides is 5. The van der Waals surface area contributed by atoms with Crippen LogP contribution in [-0.2, 0) is 0 Å². The highest BCUT2D eigenvalue weighted by Gasteiger charge is 2.66. The summed E-state index contributed by atoms with van der Waals surface area (Å²) in [5.74, 6) is -0.678. The Morgan fingerprint density at radius 3 is 2.16 bits per heavy atom. The van der Waals surface area contributed by atoms with Crippen LogP contribution in [0.15, 0.2) is 5.18 Å². The Morgan fingerprint density at radius 2 is 1.51 bits per heavy atom. The lowest BCUT2D eigenvalue weighted by atomic mass is 9.43. The lowest BCUT2D eigenvalue weighted by Crippen LogP contribution is -2.58. The van der Waals surface area contributed by atoms with Crippen molar-refractivity contribution in [3.05, 3.63) is 4.91 Å². The molecule has 0 saturated heterocycles. The fourth-order valence-corrected chi connectivity index (χ4v) is 10.2. The van der Waals surface area contributed by atoms with Gasteiger partial charge in [-0.3, -0.25) is 0 Å². The van der Waals surface area contributed by atoms with Crippen LogP contribution in [0.1, 0.15) is 117 Å². The molecular formula is C29H44F5NO2. The Kier molecular flexibility index (Phi) is 6.85. The van der Waals surface area contributed by atoms with Gasteiger partial charge in [-0.2, -0.15) is 13.2 Å². The molecular weight excluding hydrogens is 489 g/mol. The number of hydrogen-bond acceptors (Lipinski definition) is 3. The minimum absolute atomic E-state index is 0.105. The molecule has 0 aromatic carbocycles. The van der Waals surface area contributed by atoms with Crippen molar-refractivity contribution in [1.29, 1.82) is 0 Å². The van der Waals surface area contributed by atoms with Gasteiger partial charge in [0, 0.05) is 12.8 Å². The first-order chi connectivity index (χ1) is 17.2. The molecule has 0 radical (unpaired) electrons. The van der Waals surface area contributed by atoms with Gasteiger partial charge in [0.15, 0.2) is 5.54 Å². The van der Waals surface area contributed by atoms with E-state index in [4.69, 9.17) is 0 Å². The second-order valence-corrected chi connectivity index (χ2v) is 14.3. The van der Waals surface area contributed by atoms with Crippen LogP contribution in [0.3, 0.4) is 0 Å². The molecule has 3 nitrogen and oxygen atoms in total. The minimum Gasteiger partial charge on any atom is -0.390 e. The summed E-state index contributed by atoms with van der Waals surface area (Å²) in [6, 6.07) is 0. The van der Waals surface area contributed by atoms with E-state index >= 15 is 0 Å². The Bertz CT molecular complexity index is 869. The second-order valence-electron chi connectivity index (χ2n) is 14.3. The summed E-state index contributed by atoms with van der Waals surface area (Å²) >= 11 is 0. The molecule has 0 heterocycles. The highest BCUT2D eigenvalue weighted by Crippen LogP contribution is 2.69. The molecule has 8 atom stereocenters. The number of hydrogen-bond donors (Lipinski definition) is 1. The van der Waals surface area contributed by atoms with Crippen LogP contribution in [0.4, 0.5) is 22.0 Å². The Morgan fingerprint density at radius 1 is 0.838 bits per heavy atom. The molecule has 0 spiro atoms. The van der Waals surface area contributed by atoms with E-state index in [1.54, 1.807) is 0 Å². The van der Waals surface area contributed by atoms with Gasteiger partial charge in [-0.05, 0) is 124 Å². The molecule has 0 bridgehead atoms. The topological polar surface area (TPSA) is 49.7 Å². The van der Waals surface area contributed by atoms with Crippen LogP contribution in [0.25, 0.3) is 0 Å². The zero-order valence-electron chi connectivity index (χ0n) is 22.4. The van der Waals surface area contributed by atoms with E-state index in [1.807, 2.05) is 0 Å². The lowest BCUT2D eigenvalue weighted by Gasteiger charge is -2.62. The maximum atomic E-state index is 13.8. The number of halogens is 5. The van der Waals surface area contributed by atoms with Crippen molar-refractivity contribution in [3.63, 3.8) is 0 Å². The summed E-state index contributed by atoms with van der Waals surface area (Å²) in [5.41, 5.74) is -3.31. The van der Waals surface area contributed by atoms with Gasteiger partial charge in [-0.15, -0.1) is 4.91 Å². The van der Waals surface area contributed by atoms with Crippen LogP contribution in [0.5, 0.6) is 0 Å². The monoisotopic (exact) mass is 533 g/mol. The van der Waals surface area contributed by atoms with Gasteiger partial charge in [0.2, 0.25) is 5.92 Å². The quantitative estimate of drug-likeness (QED) is 0.283. The van der Waals surface area contributed by atoms with Crippen molar-refractivity contribution >= 4 is 0 Å². The first-order valence-electron chi connectivity index (χ1n) is 14.7. The molecule has 5 rings (SSSR count). The highest BCUT2D eigenvalue weighted by molar-refractivity contribution is 5.13. The molecule has 5 aliphatic carbocycles. The summed E-state index contributed by atoms with van der Waals surface area (Å²) in [4.78, 5) is 11.4. The van der Waals surface area contributed by atoms with Crippen LogP contribution in [0.2, 0.25) is 0 Å². The minimum atomic E-state index is -4.58. The predicted octanol–water partition coefficient (Wildman–Crippen LogP) is 8.82. The number of fused-ring (bicyclic) bond motifs is 5. The number of nitrogens with zero attached hydrogens (tertiary/aromatic N) is 1. The highest BCUT2D eigenvalue weighted by atomic mass is 19.4. The average molecular weight is 534 g/mol. The van der Waals surface area contributed by atoms with Crippen LogP contribution in [0, 0.1) is 45.3 Å². The molecule has 5 saturated carbocycles. The standard InChI is InChI=1S/C29H44F5NO2/c1-24-11-9-23-21(7-5-20-18-27(35-37,29(32,33)34)15-12-25(20,23)2)22(24)8-6-19(24)4-3-10-26(36)13-16-28(30,31)17-14-26/h19-23,36H,3-18H2,1-2H3/t19?,20?,21?,22?,23?,24?,25?,27-/m0/s1. The van der Waals surface area contributed by atoms with Gasteiger partial charge in [0.1, 0.15) is 0 Å². The van der Waals surface area contributed by atoms with E-state index in [9.17, 15) is 32.0 Å². The largest absolute Gasteiger partial charge is 0.417 e. The predicted molar refractivity (Wildman–Crippen MR) is 132 cm³/mol. The van der Waals surface area contributed by atoms with Gasteiger partial charge < -0.3 is 5.11 Å². The Hall–Kier alpha value is -0.790. The zero-order valence-corrected chi connectivity index (χ0v) is 22.4. The third-order valence-electron chi connectivity index (χ3n) is 12.7. The molecule has 0 aromatic heterocycles. The van der Waals surface area contributed by atoms with Gasteiger partial charge in [-0.1, -0.05) is 25.4 Å². The number of rotatable bonds is 5. The molecule has 0 aromatic rings. The molecule has 7 unspecified atom stereocenters. The van der Waals surface area contributed by atoms with Crippen LogP contribution in [-0.4, -0.2) is 28.3 Å². The smallest absolute Gasteiger partial charge is 0.390 e. The molecule has 0 aliphatic heterocycles. The summed E-state index contributed by atoms with van der Waals surface area (Å²) in [5, 5.41) is 13.5. The van der Waals surface area contributed by atoms with Gasteiger partial charge in [0.25, 0.3) is 0 Å². The second kappa shape index (κ2) is 9.12. The average Bonchev–Trinajstić information content (AvgIpc) is 3.16. The first-order valence-corrected chi connectivity index (χ1v) is 14.7. The van der Waals surface area contributed by atoms with E-state index < -0.39 is 23.2 Å². The number of nitroso groups, excluding NO2 is 1. The van der Waals surface area contributed by atoms with E-state index in [0.29, 0.717) is 36.5 Å². The van der Waals surface area contributed by atoms with Crippen molar-refractivity contribution in [2.24, 2.45) is 45.6 Å². The van der Waals surface area contributed by atoms with Crippen LogP contribution >= 0.6 is 0 Å². The third kappa shape index (κ3) is 4.57. The SMILES string of the molecule is CC12CCC3C(CCC4C[C@](N=O)(C(F)(F)F)CCC43C)C1CCC2CCCC1(O)CCC(F)(F)CC1. The summed E-state index contributed by atoms with van der Waals surface area (Å²) < 4.78 is 68.6. The third-order valence-corrected chi connectivity index (χ3v) is 12.7. The van der Waals surface area contributed by atoms with Crippen molar-refractivity contribution in [1.82, 2.24) is 0 Å². The van der Waals surface area contributed by atoms with Gasteiger partial charge in [-0.25, -0.2) is 8.78 Å². The normalized spacial score (nSPS) is 47.0. The summed E-state index contributed by atoms with van der Waals surface area (Å²) in [7, 11) is 0. The fraction of sp³-hybridized carbons (Fsp3) is 1.00. The Labute approximate surface area is 217 Å². The van der Waals surface area contributed by atoms with Gasteiger partial charge in [0.05, 0.1) is 5.60 Å². The van der Waals surface area contributed by atoms with E-state index in [-0.39, 0.29) is 55.3 Å². The molecule has 8 heteroatoms. The summed E-state index contributed by atoms with van der Waals surface area (Å²) in [6.07, 6.45) is 4.02. The molecule has 1 N–H and O–H groups in total. The lowest BCUT2D eigenvalue weighted by molar-refractivity contribution is -0.218. The molecule has 212 valence electrons. The van der Waals surface area contributed by atoms with Crippen LogP contribution < -0.4 is 0 Å². The Balaban J connectivity index is 1.22. The maximum Gasteiger partial charge on any atom is 0.417 e. The van der Waals surface area contributed by atoms with Crippen molar-refractivity contribution in [2.75, 3.05) is 0 Å². The zero-order chi connectivity index (χ0) is 26.9. The summed E-state index contributed by atoms with van der Waals surface area (Å²) in [6.45, 7) is 4.62. The molecule has 5 aliphatic rings.